The molecule has 2 heterocycles. The van der Waals surface area contributed by atoms with Crippen LogP contribution in [0.1, 0.15) is 46.6 Å². The van der Waals surface area contributed by atoms with Crippen LogP contribution in [-0.2, 0) is 6.54 Å². The summed E-state index contributed by atoms with van der Waals surface area (Å²) in [7, 11) is 0. The number of rotatable bonds is 4. The summed E-state index contributed by atoms with van der Waals surface area (Å²) >= 11 is 6.29. The van der Waals surface area contributed by atoms with Gasteiger partial charge in [-0.05, 0) is 50.7 Å². The second-order valence-corrected chi connectivity index (χ2v) is 7.88. The summed E-state index contributed by atoms with van der Waals surface area (Å²) in [5.41, 5.74) is 1.22. The Morgan fingerprint density at radius 3 is 2.71 bits per heavy atom. The molecule has 0 aromatic carbocycles. The van der Waals surface area contributed by atoms with Crippen LogP contribution in [0.15, 0.2) is 12.3 Å². The molecule has 0 saturated carbocycles. The van der Waals surface area contributed by atoms with Crippen LogP contribution in [-0.4, -0.2) is 23.6 Å². The number of hydrogen-bond donors (Lipinski definition) is 1. The summed E-state index contributed by atoms with van der Waals surface area (Å²) in [6.07, 6.45) is 3.05. The van der Waals surface area contributed by atoms with Crippen molar-refractivity contribution in [2.24, 2.45) is 11.8 Å². The topological polar surface area (TPSA) is 28.2 Å². The van der Waals surface area contributed by atoms with Gasteiger partial charge < -0.3 is 10.2 Å². The Balaban J connectivity index is 2.08. The zero-order chi connectivity index (χ0) is 15.6. The second-order valence-electron chi connectivity index (χ2n) is 7.48. The highest BCUT2D eigenvalue weighted by Crippen LogP contribution is 2.29. The molecule has 1 aromatic heterocycles. The first-order valence-electron chi connectivity index (χ1n) is 7.90. The molecule has 0 spiro atoms. The van der Waals surface area contributed by atoms with E-state index in [-0.39, 0.29) is 5.54 Å². The van der Waals surface area contributed by atoms with E-state index in [0.29, 0.717) is 0 Å². The summed E-state index contributed by atoms with van der Waals surface area (Å²) in [6.45, 7) is 14.1. The quantitative estimate of drug-likeness (QED) is 0.907. The number of nitrogens with zero attached hydrogens (tertiary/aromatic N) is 2. The molecule has 1 aliphatic heterocycles. The maximum atomic E-state index is 6.29. The molecule has 0 amide bonds. The molecule has 1 fully saturated rings. The Hall–Kier alpha value is -0.800. The van der Waals surface area contributed by atoms with Crippen LogP contribution < -0.4 is 10.2 Å². The van der Waals surface area contributed by atoms with Crippen molar-refractivity contribution < 1.29 is 0 Å². The van der Waals surface area contributed by atoms with Crippen molar-refractivity contribution in [3.05, 3.63) is 22.8 Å². The van der Waals surface area contributed by atoms with Gasteiger partial charge in [-0.1, -0.05) is 25.4 Å². The van der Waals surface area contributed by atoms with Crippen LogP contribution in [0, 0.1) is 11.8 Å². The van der Waals surface area contributed by atoms with Crippen LogP contribution in [0.2, 0.25) is 5.02 Å². The number of pyridine rings is 1. The molecular formula is C17H28ClN3. The molecule has 1 unspecified atom stereocenters. The van der Waals surface area contributed by atoms with Gasteiger partial charge in [0.05, 0.1) is 5.02 Å². The third-order valence-corrected chi connectivity index (χ3v) is 4.56. The third-order valence-electron chi connectivity index (χ3n) is 4.22. The third kappa shape index (κ3) is 4.58. The van der Waals surface area contributed by atoms with Gasteiger partial charge >= 0.3 is 0 Å². The lowest BCUT2D eigenvalue weighted by Crippen LogP contribution is -2.35. The zero-order valence-electron chi connectivity index (χ0n) is 13.9. The minimum absolute atomic E-state index is 0.0865. The molecule has 4 heteroatoms. The molecule has 118 valence electrons. The molecule has 0 radical (unpaired) electrons. The Morgan fingerprint density at radius 1 is 1.43 bits per heavy atom. The van der Waals surface area contributed by atoms with Crippen molar-refractivity contribution in [3.8, 4) is 0 Å². The van der Waals surface area contributed by atoms with Gasteiger partial charge in [-0.2, -0.15) is 0 Å². The predicted octanol–water partition coefficient (Wildman–Crippen LogP) is 4.11. The minimum atomic E-state index is 0.0865. The number of halogens is 1. The summed E-state index contributed by atoms with van der Waals surface area (Å²) in [6, 6.07) is 2.14. The molecule has 2 rings (SSSR count). The van der Waals surface area contributed by atoms with E-state index in [0.717, 1.165) is 47.9 Å². The summed E-state index contributed by atoms with van der Waals surface area (Å²) in [5.74, 6) is 2.58. The highest BCUT2D eigenvalue weighted by Gasteiger charge is 2.26. The van der Waals surface area contributed by atoms with Gasteiger partial charge in [0, 0.05) is 31.4 Å². The lowest BCUT2D eigenvalue weighted by Gasteiger charge is -2.23. The first kappa shape index (κ1) is 16.6. The van der Waals surface area contributed by atoms with Crippen LogP contribution >= 0.6 is 11.6 Å². The maximum Gasteiger partial charge on any atom is 0.128 e. The van der Waals surface area contributed by atoms with Crippen molar-refractivity contribution in [2.75, 3.05) is 18.0 Å². The SMILES string of the molecule is CC(C)C1CCN(c2cc(CNC(C)(C)C)c(Cl)cn2)C1. The van der Waals surface area contributed by atoms with Gasteiger partial charge in [0.25, 0.3) is 0 Å². The van der Waals surface area contributed by atoms with Crippen LogP contribution in [0.25, 0.3) is 0 Å². The first-order chi connectivity index (χ1) is 9.76. The van der Waals surface area contributed by atoms with Gasteiger partial charge in [0.2, 0.25) is 0 Å². The average molecular weight is 310 g/mol. The normalized spacial score (nSPS) is 19.6. The van der Waals surface area contributed by atoms with Crippen molar-refractivity contribution in [1.82, 2.24) is 10.3 Å². The predicted molar refractivity (Wildman–Crippen MR) is 91.0 cm³/mol. The van der Waals surface area contributed by atoms with Crippen LogP contribution in [0.4, 0.5) is 5.82 Å². The average Bonchev–Trinajstić information content (AvgIpc) is 2.86. The van der Waals surface area contributed by atoms with Gasteiger partial charge in [-0.3, -0.25) is 0 Å². The molecule has 0 aliphatic carbocycles. The number of aromatic nitrogens is 1. The van der Waals surface area contributed by atoms with E-state index in [4.69, 9.17) is 11.6 Å². The Bertz CT molecular complexity index is 479. The molecule has 1 aromatic rings. The van der Waals surface area contributed by atoms with Crippen molar-refractivity contribution in [2.45, 2.75) is 53.1 Å². The van der Waals surface area contributed by atoms with Crippen molar-refractivity contribution in [3.63, 3.8) is 0 Å². The van der Waals surface area contributed by atoms with Gasteiger partial charge in [-0.15, -0.1) is 0 Å². The van der Waals surface area contributed by atoms with E-state index >= 15 is 0 Å². The molecule has 1 N–H and O–H groups in total. The molecule has 1 saturated heterocycles. The zero-order valence-corrected chi connectivity index (χ0v) is 14.7. The summed E-state index contributed by atoms with van der Waals surface area (Å²) < 4.78 is 0. The fourth-order valence-corrected chi connectivity index (χ4v) is 2.85. The van der Waals surface area contributed by atoms with Crippen molar-refractivity contribution in [1.29, 1.82) is 0 Å². The Kier molecular flexibility index (Phi) is 5.15. The standard InChI is InChI=1S/C17H28ClN3/c1-12(2)13-6-7-21(11-13)16-8-14(15(18)10-19-16)9-20-17(3,4)5/h8,10,12-13,20H,6-7,9,11H2,1-5H3. The summed E-state index contributed by atoms with van der Waals surface area (Å²) in [4.78, 5) is 6.92. The molecule has 1 aliphatic rings. The van der Waals surface area contributed by atoms with E-state index in [9.17, 15) is 0 Å². The fourth-order valence-electron chi connectivity index (χ4n) is 2.68. The highest BCUT2D eigenvalue weighted by atomic mass is 35.5. The maximum absolute atomic E-state index is 6.29. The van der Waals surface area contributed by atoms with E-state index in [1.807, 2.05) is 0 Å². The monoisotopic (exact) mass is 309 g/mol. The van der Waals surface area contributed by atoms with Gasteiger partial charge in [-0.25, -0.2) is 4.98 Å². The molecule has 0 bridgehead atoms. The largest absolute Gasteiger partial charge is 0.356 e. The second kappa shape index (κ2) is 6.53. The Morgan fingerprint density at radius 2 is 2.14 bits per heavy atom. The lowest BCUT2D eigenvalue weighted by molar-refractivity contribution is 0.422. The van der Waals surface area contributed by atoms with E-state index in [1.165, 1.54) is 6.42 Å². The van der Waals surface area contributed by atoms with E-state index < -0.39 is 0 Å². The highest BCUT2D eigenvalue weighted by molar-refractivity contribution is 6.31. The van der Waals surface area contributed by atoms with Gasteiger partial charge in [0.15, 0.2) is 0 Å². The van der Waals surface area contributed by atoms with E-state index in [2.05, 4.69) is 55.9 Å². The van der Waals surface area contributed by atoms with Crippen LogP contribution in [0.3, 0.4) is 0 Å². The Labute approximate surface area is 134 Å². The minimum Gasteiger partial charge on any atom is -0.356 e. The van der Waals surface area contributed by atoms with Crippen LogP contribution in [0.5, 0.6) is 0 Å². The van der Waals surface area contributed by atoms with E-state index in [1.54, 1.807) is 6.20 Å². The number of hydrogen-bond acceptors (Lipinski definition) is 3. The molecule has 21 heavy (non-hydrogen) atoms. The molecule has 1 atom stereocenters. The molecular weight excluding hydrogens is 282 g/mol. The van der Waals surface area contributed by atoms with Gasteiger partial charge in [0.1, 0.15) is 5.82 Å². The number of nitrogens with one attached hydrogen (secondary N) is 1. The summed E-state index contributed by atoms with van der Waals surface area (Å²) in [5, 5.41) is 4.24. The number of anilines is 1. The first-order valence-corrected chi connectivity index (χ1v) is 8.28. The lowest BCUT2D eigenvalue weighted by atomic mass is 9.95. The molecule has 3 nitrogen and oxygen atoms in total. The fraction of sp³-hybridized carbons (Fsp3) is 0.706. The van der Waals surface area contributed by atoms with Crippen molar-refractivity contribution >= 4 is 17.4 Å². The smallest absolute Gasteiger partial charge is 0.128 e.